The van der Waals surface area contributed by atoms with Gasteiger partial charge < -0.3 is 10.2 Å². The quantitative estimate of drug-likeness (QED) is 0.710. The molecular formula is C19H30N3O3S+. The van der Waals surface area contributed by atoms with Gasteiger partial charge in [-0.15, -0.1) is 0 Å². The number of rotatable bonds is 6. The van der Waals surface area contributed by atoms with Crippen LogP contribution in [-0.4, -0.2) is 52.8 Å². The van der Waals surface area contributed by atoms with Crippen molar-refractivity contribution in [3.63, 3.8) is 0 Å². The highest BCUT2D eigenvalue weighted by Gasteiger charge is 2.26. The molecule has 0 aromatic heterocycles. The molecule has 144 valence electrons. The summed E-state index contributed by atoms with van der Waals surface area (Å²) in [6.45, 7) is 5.81. The highest BCUT2D eigenvalue weighted by Crippen LogP contribution is 2.30. The van der Waals surface area contributed by atoms with Crippen molar-refractivity contribution in [3.05, 3.63) is 29.3 Å². The number of anilines is 1. The fourth-order valence-corrected chi connectivity index (χ4v) is 5.06. The standard InChI is InChI=1S/C19H29N3O3S/c1-15-6-3-4-11-21(15)12-5-10-20-19(23)17-7-8-18-16(14-17)9-13-22(18)26(2,24)25/h7-8,14-15H,3-6,9-13H2,1-2H3,(H,20,23)/p+1/t15-/m1/s1. The van der Waals surface area contributed by atoms with E-state index in [1.54, 1.807) is 17.0 Å². The maximum Gasteiger partial charge on any atom is 0.251 e. The van der Waals surface area contributed by atoms with Gasteiger partial charge in [0.15, 0.2) is 0 Å². The van der Waals surface area contributed by atoms with Crippen molar-refractivity contribution in [1.82, 2.24) is 5.32 Å². The Balaban J connectivity index is 1.51. The molecule has 0 spiro atoms. The maximum absolute atomic E-state index is 12.4. The molecule has 1 aromatic carbocycles. The number of piperidine rings is 1. The molecule has 1 amide bonds. The number of carbonyl (C=O) groups is 1. The number of nitrogens with zero attached hydrogens (tertiary/aromatic N) is 1. The van der Waals surface area contributed by atoms with Crippen LogP contribution < -0.4 is 14.5 Å². The molecule has 0 saturated carbocycles. The Morgan fingerprint density at radius 1 is 1.35 bits per heavy atom. The molecule has 2 atom stereocenters. The molecule has 7 heteroatoms. The Bertz CT molecular complexity index is 763. The van der Waals surface area contributed by atoms with Crippen molar-refractivity contribution in [3.8, 4) is 0 Å². The van der Waals surface area contributed by atoms with E-state index in [1.165, 1.54) is 36.4 Å². The zero-order valence-corrected chi connectivity index (χ0v) is 16.6. The Labute approximate surface area is 156 Å². The number of fused-ring (bicyclic) bond motifs is 1. The van der Waals surface area contributed by atoms with Gasteiger partial charge in [-0.2, -0.15) is 0 Å². The summed E-state index contributed by atoms with van der Waals surface area (Å²) < 4.78 is 25.0. The molecular weight excluding hydrogens is 350 g/mol. The van der Waals surface area contributed by atoms with Gasteiger partial charge in [-0.05, 0) is 56.4 Å². The Morgan fingerprint density at radius 2 is 2.15 bits per heavy atom. The zero-order chi connectivity index (χ0) is 18.7. The molecule has 26 heavy (non-hydrogen) atoms. The number of sulfonamides is 1. The van der Waals surface area contributed by atoms with Crippen LogP contribution in [-0.2, 0) is 16.4 Å². The first-order valence-electron chi connectivity index (χ1n) is 9.59. The second-order valence-electron chi connectivity index (χ2n) is 7.59. The molecule has 0 aliphatic carbocycles. The smallest absolute Gasteiger partial charge is 0.251 e. The van der Waals surface area contributed by atoms with Crippen LogP contribution in [0.3, 0.4) is 0 Å². The number of carbonyl (C=O) groups excluding carboxylic acids is 1. The highest BCUT2D eigenvalue weighted by atomic mass is 32.2. The largest absolute Gasteiger partial charge is 0.352 e. The summed E-state index contributed by atoms with van der Waals surface area (Å²) in [5.74, 6) is -0.0766. The molecule has 3 rings (SSSR count). The van der Waals surface area contributed by atoms with Crippen LogP contribution in [0.2, 0.25) is 0 Å². The Kier molecular flexibility index (Phi) is 5.87. The van der Waals surface area contributed by atoms with Gasteiger partial charge in [0.2, 0.25) is 10.0 Å². The summed E-state index contributed by atoms with van der Waals surface area (Å²) in [5.41, 5.74) is 2.24. The average Bonchev–Trinajstić information content (AvgIpc) is 3.03. The summed E-state index contributed by atoms with van der Waals surface area (Å²) in [7, 11) is -3.25. The van der Waals surface area contributed by atoms with Crippen LogP contribution in [0.15, 0.2) is 18.2 Å². The predicted octanol–water partition coefficient (Wildman–Crippen LogP) is 0.586. The van der Waals surface area contributed by atoms with Gasteiger partial charge >= 0.3 is 0 Å². The molecule has 2 aliphatic rings. The number of quaternary nitrogens is 1. The normalized spacial score (nSPS) is 22.9. The van der Waals surface area contributed by atoms with Crippen LogP contribution in [0, 0.1) is 0 Å². The van der Waals surface area contributed by atoms with Gasteiger partial charge in [-0.25, -0.2) is 8.42 Å². The lowest BCUT2D eigenvalue weighted by Gasteiger charge is -2.30. The van der Waals surface area contributed by atoms with Crippen LogP contribution in [0.4, 0.5) is 5.69 Å². The SMILES string of the molecule is C[C@@H]1CCCC[NH+]1CCCNC(=O)c1ccc2c(c1)CCN2S(C)(=O)=O. The summed E-state index contributed by atoms with van der Waals surface area (Å²) in [6, 6.07) is 6.02. The number of benzene rings is 1. The third-order valence-electron chi connectivity index (χ3n) is 5.64. The molecule has 6 nitrogen and oxygen atoms in total. The van der Waals surface area contributed by atoms with E-state index in [4.69, 9.17) is 0 Å². The molecule has 0 bridgehead atoms. The van der Waals surface area contributed by atoms with Crippen LogP contribution in [0.1, 0.15) is 48.5 Å². The molecule has 1 aromatic rings. The molecule has 2 aliphatic heterocycles. The van der Waals surface area contributed by atoms with E-state index >= 15 is 0 Å². The molecule has 1 saturated heterocycles. The van der Waals surface area contributed by atoms with Gasteiger partial charge in [-0.1, -0.05) is 0 Å². The predicted molar refractivity (Wildman–Crippen MR) is 103 cm³/mol. The first-order valence-corrected chi connectivity index (χ1v) is 11.4. The molecule has 1 fully saturated rings. The summed E-state index contributed by atoms with van der Waals surface area (Å²) in [4.78, 5) is 14.0. The lowest BCUT2D eigenvalue weighted by atomic mass is 10.0. The summed E-state index contributed by atoms with van der Waals surface area (Å²) in [5, 5.41) is 3.00. The summed E-state index contributed by atoms with van der Waals surface area (Å²) >= 11 is 0. The summed E-state index contributed by atoms with van der Waals surface area (Å²) in [6.07, 6.45) is 6.81. The molecule has 2 N–H and O–H groups in total. The topological polar surface area (TPSA) is 70.9 Å². The number of nitrogens with one attached hydrogen (secondary N) is 2. The van der Waals surface area contributed by atoms with E-state index < -0.39 is 10.0 Å². The number of hydrogen-bond acceptors (Lipinski definition) is 3. The van der Waals surface area contributed by atoms with E-state index in [2.05, 4.69) is 12.2 Å². The van der Waals surface area contributed by atoms with E-state index in [9.17, 15) is 13.2 Å². The van der Waals surface area contributed by atoms with Crippen molar-refractivity contribution in [2.45, 2.75) is 45.1 Å². The monoisotopic (exact) mass is 380 g/mol. The minimum absolute atomic E-state index is 0.0766. The van der Waals surface area contributed by atoms with E-state index in [0.29, 0.717) is 30.8 Å². The van der Waals surface area contributed by atoms with Crippen LogP contribution in [0.25, 0.3) is 0 Å². The lowest BCUT2D eigenvalue weighted by Crippen LogP contribution is -3.16. The first kappa shape index (κ1) is 19.2. The average molecular weight is 381 g/mol. The maximum atomic E-state index is 12.4. The second kappa shape index (κ2) is 7.96. The van der Waals surface area contributed by atoms with Gasteiger partial charge in [-0.3, -0.25) is 9.10 Å². The van der Waals surface area contributed by atoms with Crippen molar-refractivity contribution >= 4 is 21.6 Å². The van der Waals surface area contributed by atoms with Crippen molar-refractivity contribution in [2.24, 2.45) is 0 Å². The van der Waals surface area contributed by atoms with E-state index in [1.807, 2.05) is 6.07 Å². The fraction of sp³-hybridized carbons (Fsp3) is 0.632. The fourth-order valence-electron chi connectivity index (χ4n) is 4.10. The van der Waals surface area contributed by atoms with Crippen LogP contribution >= 0.6 is 0 Å². The van der Waals surface area contributed by atoms with Gasteiger partial charge in [0.25, 0.3) is 5.91 Å². The Morgan fingerprint density at radius 3 is 2.88 bits per heavy atom. The zero-order valence-electron chi connectivity index (χ0n) is 15.8. The highest BCUT2D eigenvalue weighted by molar-refractivity contribution is 7.92. The minimum Gasteiger partial charge on any atom is -0.352 e. The second-order valence-corrected chi connectivity index (χ2v) is 9.50. The lowest BCUT2D eigenvalue weighted by molar-refractivity contribution is -0.928. The number of amides is 1. The molecule has 0 radical (unpaired) electrons. The van der Waals surface area contributed by atoms with Gasteiger partial charge in [0.1, 0.15) is 0 Å². The molecule has 1 unspecified atom stereocenters. The Hall–Kier alpha value is -1.60. The van der Waals surface area contributed by atoms with Crippen molar-refractivity contribution in [2.75, 3.05) is 36.7 Å². The van der Waals surface area contributed by atoms with Crippen molar-refractivity contribution in [1.29, 1.82) is 0 Å². The third-order valence-corrected chi connectivity index (χ3v) is 6.82. The third kappa shape index (κ3) is 4.38. The van der Waals surface area contributed by atoms with Crippen molar-refractivity contribution < 1.29 is 18.1 Å². The number of hydrogen-bond donors (Lipinski definition) is 2. The number of likely N-dealkylation sites (tertiary alicyclic amines) is 1. The molecule has 2 heterocycles. The van der Waals surface area contributed by atoms with Gasteiger partial charge in [0, 0.05) is 25.1 Å². The van der Waals surface area contributed by atoms with Crippen LogP contribution in [0.5, 0.6) is 0 Å². The van der Waals surface area contributed by atoms with Gasteiger partial charge in [0.05, 0.1) is 31.1 Å². The minimum atomic E-state index is -3.25. The van der Waals surface area contributed by atoms with E-state index in [0.717, 1.165) is 24.6 Å². The van der Waals surface area contributed by atoms with E-state index in [-0.39, 0.29) is 5.91 Å². The first-order chi connectivity index (χ1) is 12.4.